The molecule has 3 heteroatoms. The molecule has 0 aliphatic heterocycles. The Morgan fingerprint density at radius 2 is 1.90 bits per heavy atom. The number of aliphatic hydroxyl groups is 2. The van der Waals surface area contributed by atoms with Gasteiger partial charge >= 0.3 is 0 Å². The quantitative estimate of drug-likeness (QED) is 0.643. The van der Waals surface area contributed by atoms with Crippen LogP contribution in [0.3, 0.4) is 0 Å². The molecule has 0 spiro atoms. The first kappa shape index (κ1) is 20.8. The van der Waals surface area contributed by atoms with Crippen LogP contribution in [0, 0.1) is 36.0 Å². The number of fused-ring (bicyclic) bond motifs is 7. The molecule has 2 N–H and O–H groups in total. The summed E-state index contributed by atoms with van der Waals surface area (Å²) < 4.78 is 6.50. The summed E-state index contributed by atoms with van der Waals surface area (Å²) in [6.07, 6.45) is 12.2. The highest BCUT2D eigenvalue weighted by molar-refractivity contribution is 5.45. The van der Waals surface area contributed by atoms with Crippen LogP contribution in [0.15, 0.2) is 16.1 Å². The molecule has 2 fully saturated rings. The fourth-order valence-corrected chi connectivity index (χ4v) is 8.07. The maximum absolute atomic E-state index is 10.2. The monoisotopic (exact) mass is 412 g/mol. The van der Waals surface area contributed by atoms with Gasteiger partial charge in [0.25, 0.3) is 0 Å². The molecule has 1 aromatic heterocycles. The lowest BCUT2D eigenvalue weighted by Crippen LogP contribution is -2.51. The Morgan fingerprint density at radius 3 is 2.67 bits per heavy atom. The Balaban J connectivity index is 1.42. The van der Waals surface area contributed by atoms with Crippen molar-refractivity contribution in [3.05, 3.63) is 34.3 Å². The van der Waals surface area contributed by atoms with E-state index in [0.29, 0.717) is 17.3 Å². The maximum Gasteiger partial charge on any atom is 0.108 e. The third-order valence-corrected chi connectivity index (χ3v) is 9.94. The van der Waals surface area contributed by atoms with Crippen molar-refractivity contribution in [3.63, 3.8) is 0 Å². The smallest absolute Gasteiger partial charge is 0.108 e. The molecule has 1 aromatic rings. The van der Waals surface area contributed by atoms with Gasteiger partial charge in [-0.15, -0.1) is 0 Å². The van der Waals surface area contributed by atoms with Crippen LogP contribution in [0.1, 0.15) is 88.4 Å². The van der Waals surface area contributed by atoms with E-state index < -0.39 is 0 Å². The summed E-state index contributed by atoms with van der Waals surface area (Å²) >= 11 is 0. The summed E-state index contributed by atoms with van der Waals surface area (Å²) in [5.41, 5.74) is 5.04. The minimum absolute atomic E-state index is 0.125. The molecular formula is C27H40O3. The van der Waals surface area contributed by atoms with Gasteiger partial charge < -0.3 is 14.6 Å². The predicted octanol–water partition coefficient (Wildman–Crippen LogP) is 5.49. The Bertz CT molecular complexity index is 851. The number of allylic oxidation sites excluding steroid dienone is 1. The number of hydrogen-bond donors (Lipinski definition) is 2. The summed E-state index contributed by atoms with van der Waals surface area (Å²) in [7, 11) is 0. The van der Waals surface area contributed by atoms with Crippen LogP contribution >= 0.6 is 0 Å². The standard InChI is InChI=1S/C27H40O3/c1-16(15-28)5-8-23-17(2)25-24(30-23)14-22-20-7-6-18-13-19(29)9-11-26(18,3)21(20)10-12-27(22,25)4/h6,16,19-22,28-29H,5,7-15H2,1-4H3/t16?,19?,20-,21+,22+,26+,27+/m1/s1. The molecule has 1 heterocycles. The lowest BCUT2D eigenvalue weighted by molar-refractivity contribution is -0.0169. The van der Waals surface area contributed by atoms with Crippen molar-refractivity contribution >= 4 is 0 Å². The van der Waals surface area contributed by atoms with Crippen LogP contribution in [0.2, 0.25) is 0 Å². The fourth-order valence-electron chi connectivity index (χ4n) is 8.07. The van der Waals surface area contributed by atoms with Crippen molar-refractivity contribution in [3.8, 4) is 0 Å². The largest absolute Gasteiger partial charge is 0.465 e. The summed E-state index contributed by atoms with van der Waals surface area (Å²) in [6, 6.07) is 0. The van der Waals surface area contributed by atoms with E-state index in [1.807, 2.05) is 0 Å². The first-order valence-electron chi connectivity index (χ1n) is 12.4. The molecule has 3 nitrogen and oxygen atoms in total. The zero-order valence-electron chi connectivity index (χ0n) is 19.3. The molecule has 166 valence electrons. The molecule has 0 bridgehead atoms. The Morgan fingerprint density at radius 1 is 1.13 bits per heavy atom. The van der Waals surface area contributed by atoms with E-state index in [4.69, 9.17) is 4.42 Å². The molecule has 0 saturated heterocycles. The van der Waals surface area contributed by atoms with Crippen molar-refractivity contribution in [2.75, 3.05) is 6.61 Å². The van der Waals surface area contributed by atoms with Crippen LogP contribution in [-0.2, 0) is 18.3 Å². The van der Waals surface area contributed by atoms with Crippen LogP contribution in [0.4, 0.5) is 0 Å². The van der Waals surface area contributed by atoms with E-state index in [9.17, 15) is 10.2 Å². The molecule has 2 saturated carbocycles. The predicted molar refractivity (Wildman–Crippen MR) is 119 cm³/mol. The van der Waals surface area contributed by atoms with Gasteiger partial charge in [0.2, 0.25) is 0 Å². The van der Waals surface area contributed by atoms with Crippen molar-refractivity contribution in [1.29, 1.82) is 0 Å². The maximum atomic E-state index is 10.2. The van der Waals surface area contributed by atoms with Crippen LogP contribution in [0.25, 0.3) is 0 Å². The second kappa shape index (κ2) is 7.24. The van der Waals surface area contributed by atoms with Crippen LogP contribution in [0.5, 0.6) is 0 Å². The van der Waals surface area contributed by atoms with Gasteiger partial charge in [0.1, 0.15) is 11.5 Å². The lowest BCUT2D eigenvalue weighted by Gasteiger charge is -2.57. The topological polar surface area (TPSA) is 53.6 Å². The second-order valence-electron chi connectivity index (χ2n) is 11.6. The van der Waals surface area contributed by atoms with Crippen molar-refractivity contribution < 1.29 is 14.6 Å². The van der Waals surface area contributed by atoms with E-state index in [2.05, 4.69) is 33.8 Å². The van der Waals surface area contributed by atoms with Gasteiger partial charge in [-0.2, -0.15) is 0 Å². The van der Waals surface area contributed by atoms with Gasteiger partial charge in [-0.3, -0.25) is 0 Å². The van der Waals surface area contributed by atoms with Crippen molar-refractivity contribution in [1.82, 2.24) is 0 Å². The zero-order valence-corrected chi connectivity index (χ0v) is 19.3. The number of hydrogen-bond acceptors (Lipinski definition) is 3. The third kappa shape index (κ3) is 2.91. The molecule has 4 aliphatic carbocycles. The number of aryl methyl sites for hydroxylation is 1. The molecular weight excluding hydrogens is 372 g/mol. The molecule has 4 aliphatic rings. The van der Waals surface area contributed by atoms with Crippen LogP contribution < -0.4 is 0 Å². The minimum Gasteiger partial charge on any atom is -0.465 e. The number of aliphatic hydroxyl groups excluding tert-OH is 2. The molecule has 2 unspecified atom stereocenters. The van der Waals surface area contributed by atoms with E-state index in [1.54, 1.807) is 5.57 Å². The second-order valence-corrected chi connectivity index (χ2v) is 11.6. The van der Waals surface area contributed by atoms with Gasteiger partial charge in [0.05, 0.1) is 6.10 Å². The summed E-state index contributed by atoms with van der Waals surface area (Å²) in [4.78, 5) is 0. The lowest BCUT2D eigenvalue weighted by atomic mass is 9.47. The van der Waals surface area contributed by atoms with Gasteiger partial charge in [-0.25, -0.2) is 0 Å². The van der Waals surface area contributed by atoms with Gasteiger partial charge in [-0.05, 0) is 91.9 Å². The van der Waals surface area contributed by atoms with Crippen molar-refractivity contribution in [2.24, 2.45) is 29.1 Å². The summed E-state index contributed by atoms with van der Waals surface area (Å²) in [6.45, 7) is 9.68. The van der Waals surface area contributed by atoms with E-state index in [0.717, 1.165) is 50.4 Å². The van der Waals surface area contributed by atoms with E-state index >= 15 is 0 Å². The first-order valence-corrected chi connectivity index (χ1v) is 12.4. The van der Waals surface area contributed by atoms with E-state index in [-0.39, 0.29) is 18.1 Å². The Kier molecular flexibility index (Phi) is 5.02. The fraction of sp³-hybridized carbons (Fsp3) is 0.778. The molecule has 7 atom stereocenters. The normalized spacial score (nSPS) is 40.8. The molecule has 0 aromatic carbocycles. The average molecular weight is 413 g/mol. The van der Waals surface area contributed by atoms with Crippen LogP contribution in [-0.4, -0.2) is 22.9 Å². The highest BCUT2D eigenvalue weighted by Crippen LogP contribution is 2.64. The molecule has 0 radical (unpaired) electrons. The summed E-state index contributed by atoms with van der Waals surface area (Å²) in [5, 5.41) is 19.6. The van der Waals surface area contributed by atoms with Gasteiger partial charge in [0.15, 0.2) is 0 Å². The third-order valence-electron chi connectivity index (χ3n) is 9.94. The molecule has 0 amide bonds. The Hall–Kier alpha value is -1.06. The zero-order chi connectivity index (χ0) is 21.3. The molecule has 30 heavy (non-hydrogen) atoms. The minimum atomic E-state index is -0.125. The average Bonchev–Trinajstić information content (AvgIpc) is 3.20. The van der Waals surface area contributed by atoms with Crippen molar-refractivity contribution in [2.45, 2.75) is 97.0 Å². The summed E-state index contributed by atoms with van der Waals surface area (Å²) in [5.74, 6) is 4.97. The first-order chi connectivity index (χ1) is 14.3. The van der Waals surface area contributed by atoms with E-state index in [1.165, 1.54) is 41.9 Å². The Labute approximate surface area is 181 Å². The van der Waals surface area contributed by atoms with Gasteiger partial charge in [-0.1, -0.05) is 32.4 Å². The number of furan rings is 1. The highest BCUT2D eigenvalue weighted by Gasteiger charge is 2.58. The highest BCUT2D eigenvalue weighted by atomic mass is 16.3. The van der Waals surface area contributed by atoms with Gasteiger partial charge in [0, 0.05) is 25.0 Å². The SMILES string of the molecule is Cc1c(CCC(C)CO)oc2c1[C@@]1(C)CC[C@H]3[C@@H](CC=C4CC(O)CC[C@@]43C)[C@@H]1C2. The number of rotatable bonds is 4. The molecule has 5 rings (SSSR count).